The molecule has 0 saturated carbocycles. The van der Waals surface area contributed by atoms with Gasteiger partial charge in [0.2, 0.25) is 5.91 Å². The Morgan fingerprint density at radius 1 is 1.14 bits per heavy atom. The number of halogens is 3. The van der Waals surface area contributed by atoms with Crippen LogP contribution in [-0.2, 0) is 11.0 Å². The molecule has 0 spiro atoms. The van der Waals surface area contributed by atoms with Crippen molar-refractivity contribution in [2.75, 3.05) is 29.9 Å². The van der Waals surface area contributed by atoms with E-state index in [-0.39, 0.29) is 24.4 Å². The van der Waals surface area contributed by atoms with E-state index >= 15 is 0 Å². The van der Waals surface area contributed by atoms with Gasteiger partial charge < -0.3 is 20.0 Å². The summed E-state index contributed by atoms with van der Waals surface area (Å²) in [7, 11) is 0. The first-order chi connectivity index (χ1) is 13.3. The van der Waals surface area contributed by atoms with Crippen LogP contribution in [0.25, 0.3) is 0 Å². The summed E-state index contributed by atoms with van der Waals surface area (Å²) in [6.07, 6.45) is -3.26. The zero-order valence-electron chi connectivity index (χ0n) is 15.6. The van der Waals surface area contributed by atoms with E-state index in [1.807, 2.05) is 18.7 Å². The maximum Gasteiger partial charge on any atom is 0.416 e. The SMILES string of the molecule is CCN(CC)c1ccc(C(F)(F)F)cc1NC(=O)CCNC(=O)c1ccco1. The van der Waals surface area contributed by atoms with Crippen molar-refractivity contribution in [3.63, 3.8) is 0 Å². The number of benzene rings is 1. The number of nitrogens with zero attached hydrogens (tertiary/aromatic N) is 1. The Balaban J connectivity index is 2.07. The number of carbonyl (C=O) groups excluding carboxylic acids is 2. The lowest BCUT2D eigenvalue weighted by molar-refractivity contribution is -0.137. The third-order valence-electron chi connectivity index (χ3n) is 4.08. The first-order valence-electron chi connectivity index (χ1n) is 8.84. The molecule has 2 aromatic rings. The first-order valence-corrected chi connectivity index (χ1v) is 8.84. The average molecular weight is 397 g/mol. The Morgan fingerprint density at radius 3 is 2.43 bits per heavy atom. The van der Waals surface area contributed by atoms with Gasteiger partial charge in [0.05, 0.1) is 23.2 Å². The second-order valence-electron chi connectivity index (χ2n) is 5.93. The molecular weight excluding hydrogens is 375 g/mol. The molecule has 0 aliphatic rings. The zero-order valence-corrected chi connectivity index (χ0v) is 15.6. The van der Waals surface area contributed by atoms with Gasteiger partial charge in [-0.3, -0.25) is 9.59 Å². The summed E-state index contributed by atoms with van der Waals surface area (Å²) in [6.45, 7) is 4.91. The molecule has 152 valence electrons. The number of hydrogen-bond acceptors (Lipinski definition) is 4. The summed E-state index contributed by atoms with van der Waals surface area (Å²) in [6, 6.07) is 6.31. The fourth-order valence-corrected chi connectivity index (χ4v) is 2.65. The number of nitrogens with one attached hydrogen (secondary N) is 2. The maximum absolute atomic E-state index is 13.0. The molecule has 1 aromatic heterocycles. The van der Waals surface area contributed by atoms with E-state index in [0.717, 1.165) is 12.1 Å². The van der Waals surface area contributed by atoms with Crippen molar-refractivity contribution in [1.82, 2.24) is 5.32 Å². The summed E-state index contributed by atoms with van der Waals surface area (Å²) in [5.41, 5.74) is -0.253. The fourth-order valence-electron chi connectivity index (χ4n) is 2.65. The monoisotopic (exact) mass is 397 g/mol. The highest BCUT2D eigenvalue weighted by Crippen LogP contribution is 2.35. The van der Waals surface area contributed by atoms with Crippen LogP contribution in [0.4, 0.5) is 24.5 Å². The summed E-state index contributed by atoms with van der Waals surface area (Å²) in [4.78, 5) is 25.8. The Bertz CT molecular complexity index is 800. The van der Waals surface area contributed by atoms with Gasteiger partial charge in [-0.05, 0) is 44.2 Å². The number of amides is 2. The van der Waals surface area contributed by atoms with Gasteiger partial charge in [-0.25, -0.2) is 0 Å². The fraction of sp³-hybridized carbons (Fsp3) is 0.368. The quantitative estimate of drug-likeness (QED) is 0.709. The Kier molecular flexibility index (Phi) is 7.08. The van der Waals surface area contributed by atoms with Crippen LogP contribution in [0.2, 0.25) is 0 Å². The Morgan fingerprint density at radius 2 is 1.86 bits per heavy atom. The van der Waals surface area contributed by atoms with Crippen LogP contribution in [-0.4, -0.2) is 31.4 Å². The second-order valence-corrected chi connectivity index (χ2v) is 5.93. The van der Waals surface area contributed by atoms with Gasteiger partial charge in [-0.15, -0.1) is 0 Å². The van der Waals surface area contributed by atoms with Crippen molar-refractivity contribution in [3.05, 3.63) is 47.9 Å². The minimum absolute atomic E-state index is 0.0188. The third-order valence-corrected chi connectivity index (χ3v) is 4.08. The van der Waals surface area contributed by atoms with Crippen molar-refractivity contribution in [1.29, 1.82) is 0 Å². The number of alkyl halides is 3. The molecule has 0 atom stereocenters. The molecule has 0 unspecified atom stereocenters. The number of rotatable bonds is 8. The lowest BCUT2D eigenvalue weighted by Gasteiger charge is -2.25. The van der Waals surface area contributed by atoms with Gasteiger partial charge in [0, 0.05) is 26.1 Å². The molecule has 0 fully saturated rings. The van der Waals surface area contributed by atoms with E-state index in [1.54, 1.807) is 6.07 Å². The van der Waals surface area contributed by atoms with Gasteiger partial charge in [0.15, 0.2) is 5.76 Å². The van der Waals surface area contributed by atoms with Crippen molar-refractivity contribution in [3.8, 4) is 0 Å². The lowest BCUT2D eigenvalue weighted by Crippen LogP contribution is -2.28. The average Bonchev–Trinajstić information content (AvgIpc) is 3.17. The molecule has 0 aliphatic carbocycles. The summed E-state index contributed by atoms with van der Waals surface area (Å²) >= 11 is 0. The van der Waals surface area contributed by atoms with Crippen molar-refractivity contribution >= 4 is 23.2 Å². The standard InChI is InChI=1S/C19H22F3N3O3/c1-3-25(4-2)15-8-7-13(19(20,21)22)12-14(15)24-17(26)9-10-23-18(27)16-6-5-11-28-16/h5-8,11-12H,3-4,9-10H2,1-2H3,(H,23,27)(H,24,26). The first kappa shape index (κ1) is 21.3. The van der Waals surface area contributed by atoms with Crippen LogP contribution in [0.3, 0.4) is 0 Å². The van der Waals surface area contributed by atoms with E-state index in [4.69, 9.17) is 4.42 Å². The van der Waals surface area contributed by atoms with Crippen molar-refractivity contribution < 1.29 is 27.2 Å². The van der Waals surface area contributed by atoms with E-state index in [9.17, 15) is 22.8 Å². The predicted octanol–water partition coefficient (Wildman–Crippen LogP) is 3.90. The molecule has 1 heterocycles. The molecule has 0 saturated heterocycles. The molecular formula is C19H22F3N3O3. The molecule has 0 bridgehead atoms. The molecule has 2 rings (SSSR count). The van der Waals surface area contributed by atoms with Gasteiger partial charge in [-0.2, -0.15) is 13.2 Å². The van der Waals surface area contributed by atoms with Crippen LogP contribution in [0.1, 0.15) is 36.4 Å². The normalized spacial score (nSPS) is 11.2. The van der Waals surface area contributed by atoms with E-state index in [1.165, 1.54) is 18.4 Å². The minimum atomic E-state index is -4.52. The van der Waals surface area contributed by atoms with Crippen LogP contribution in [0.15, 0.2) is 41.0 Å². The third kappa shape index (κ3) is 5.51. The van der Waals surface area contributed by atoms with Gasteiger partial charge in [0.25, 0.3) is 5.91 Å². The molecule has 9 heteroatoms. The Labute approximate surface area is 160 Å². The molecule has 2 N–H and O–H groups in total. The van der Waals surface area contributed by atoms with E-state index in [2.05, 4.69) is 10.6 Å². The van der Waals surface area contributed by atoms with Crippen molar-refractivity contribution in [2.45, 2.75) is 26.4 Å². The molecule has 2 amide bonds. The summed E-state index contributed by atoms with van der Waals surface area (Å²) < 4.78 is 44.1. The Hall–Kier alpha value is -2.97. The smallest absolute Gasteiger partial charge is 0.416 e. The largest absolute Gasteiger partial charge is 0.459 e. The van der Waals surface area contributed by atoms with Crippen LogP contribution < -0.4 is 15.5 Å². The zero-order chi connectivity index (χ0) is 20.7. The highest BCUT2D eigenvalue weighted by molar-refractivity contribution is 5.95. The number of anilines is 2. The van der Waals surface area contributed by atoms with Crippen molar-refractivity contribution in [2.24, 2.45) is 0 Å². The van der Waals surface area contributed by atoms with Gasteiger partial charge >= 0.3 is 6.18 Å². The summed E-state index contributed by atoms with van der Waals surface area (Å²) in [5, 5.41) is 5.04. The number of carbonyl (C=O) groups is 2. The van der Waals surface area contributed by atoms with Crippen LogP contribution in [0.5, 0.6) is 0 Å². The van der Waals surface area contributed by atoms with E-state index in [0.29, 0.717) is 18.8 Å². The highest BCUT2D eigenvalue weighted by Gasteiger charge is 2.31. The van der Waals surface area contributed by atoms with Gasteiger partial charge in [0.1, 0.15) is 0 Å². The molecule has 6 nitrogen and oxygen atoms in total. The maximum atomic E-state index is 13.0. The van der Waals surface area contributed by atoms with Crippen LogP contribution in [0, 0.1) is 0 Å². The van der Waals surface area contributed by atoms with Crippen LogP contribution >= 0.6 is 0 Å². The predicted molar refractivity (Wildman–Crippen MR) is 99.3 cm³/mol. The highest BCUT2D eigenvalue weighted by atomic mass is 19.4. The summed E-state index contributed by atoms with van der Waals surface area (Å²) in [5.74, 6) is -0.865. The number of hydrogen-bond donors (Lipinski definition) is 2. The molecule has 1 aromatic carbocycles. The topological polar surface area (TPSA) is 74.6 Å². The molecule has 28 heavy (non-hydrogen) atoms. The number of furan rings is 1. The molecule has 0 aliphatic heterocycles. The molecule has 0 radical (unpaired) electrons. The second kappa shape index (κ2) is 9.29. The lowest BCUT2D eigenvalue weighted by atomic mass is 10.1. The minimum Gasteiger partial charge on any atom is -0.459 e. The van der Waals surface area contributed by atoms with E-state index < -0.39 is 23.6 Å². The van der Waals surface area contributed by atoms with Gasteiger partial charge in [-0.1, -0.05) is 0 Å².